The van der Waals surface area contributed by atoms with E-state index < -0.39 is 6.10 Å². The standard InChI is InChI=1S/C62H96O6/c1-4-7-10-13-16-19-22-25-28-30-32-34-37-40-43-46-49-52-55-61(64)67-58-59(57-66-60(63)54-51-48-45-42-39-36-27-24-21-18-15-12-9-6-3)68-62(65)56-53-50-47-44-41-38-35-33-31-29-26-23-20-17-14-11-8-5-2/h9-10,12-13,16-23,25-36,59H,4-8,11,14-15,24,37-58H2,1-3H3/b12-9-,13-10-,19-16-,20-17-,21-18-,25-22-,26-23-,30-28-,31-29-,34-32-,35-33-,36-27-. The number of hydrogen-bond donors (Lipinski definition) is 0. The number of ether oxygens (including phenoxy) is 3. The third-order valence-electron chi connectivity index (χ3n) is 10.8. The lowest BCUT2D eigenvalue weighted by molar-refractivity contribution is -0.167. The zero-order chi connectivity index (χ0) is 49.3. The molecule has 0 N–H and O–H groups in total. The minimum atomic E-state index is -0.818. The average Bonchev–Trinajstić information content (AvgIpc) is 3.34. The summed E-state index contributed by atoms with van der Waals surface area (Å²) in [5.74, 6) is -0.993. The molecule has 6 heteroatoms. The van der Waals surface area contributed by atoms with Crippen molar-refractivity contribution in [3.8, 4) is 0 Å². The molecule has 0 aromatic carbocycles. The van der Waals surface area contributed by atoms with Gasteiger partial charge in [-0.25, -0.2) is 0 Å². The molecule has 0 fully saturated rings. The van der Waals surface area contributed by atoms with Gasteiger partial charge in [-0.05, 0) is 96.3 Å². The first-order valence-electron chi connectivity index (χ1n) is 27.0. The Kier molecular flexibility index (Phi) is 51.1. The SMILES string of the molecule is CC/C=C\C/C=C\C/C=C\CCCCCCC(=O)OCC(COC(=O)CCCCCCC\C=C/C=C\C=C/C=C\C=C/CCC)OC(=O)CCCCCCC\C=C/C=C\C=C/C=C\CCCCC. The van der Waals surface area contributed by atoms with Gasteiger partial charge in [0, 0.05) is 19.3 Å². The molecule has 68 heavy (non-hydrogen) atoms. The summed E-state index contributed by atoms with van der Waals surface area (Å²) >= 11 is 0. The van der Waals surface area contributed by atoms with Crippen LogP contribution in [0.5, 0.6) is 0 Å². The zero-order valence-electron chi connectivity index (χ0n) is 43.3. The van der Waals surface area contributed by atoms with Gasteiger partial charge in [0.15, 0.2) is 6.10 Å². The van der Waals surface area contributed by atoms with Crippen molar-refractivity contribution >= 4 is 17.9 Å². The first-order chi connectivity index (χ1) is 33.5. The number of esters is 3. The van der Waals surface area contributed by atoms with Crippen molar-refractivity contribution in [2.45, 2.75) is 213 Å². The number of carbonyl (C=O) groups excluding carboxylic acids is 3. The molecule has 1 unspecified atom stereocenters. The molecule has 0 aromatic rings. The predicted molar refractivity (Wildman–Crippen MR) is 292 cm³/mol. The molecule has 0 radical (unpaired) electrons. The van der Waals surface area contributed by atoms with Crippen molar-refractivity contribution in [2.75, 3.05) is 13.2 Å². The van der Waals surface area contributed by atoms with Gasteiger partial charge in [-0.3, -0.25) is 14.4 Å². The summed E-state index contributed by atoms with van der Waals surface area (Å²) in [6.07, 6.45) is 78.1. The number of carbonyl (C=O) groups is 3. The molecule has 0 aliphatic heterocycles. The highest BCUT2D eigenvalue weighted by Gasteiger charge is 2.19. The Morgan fingerprint density at radius 1 is 0.324 bits per heavy atom. The summed E-state index contributed by atoms with van der Waals surface area (Å²) in [5, 5.41) is 0. The Bertz CT molecular complexity index is 1540. The molecule has 6 nitrogen and oxygen atoms in total. The topological polar surface area (TPSA) is 78.9 Å². The molecule has 0 aliphatic carbocycles. The number of allylic oxidation sites excluding steroid dienone is 24. The largest absolute Gasteiger partial charge is 0.462 e. The van der Waals surface area contributed by atoms with Crippen molar-refractivity contribution in [1.29, 1.82) is 0 Å². The molecule has 0 saturated carbocycles. The molecular weight excluding hydrogens is 841 g/mol. The van der Waals surface area contributed by atoms with Crippen LogP contribution in [-0.2, 0) is 28.6 Å². The molecule has 0 aliphatic rings. The fraction of sp³-hybridized carbons (Fsp3) is 0.565. The Morgan fingerprint density at radius 2 is 0.662 bits per heavy atom. The van der Waals surface area contributed by atoms with Crippen LogP contribution in [0.4, 0.5) is 0 Å². The maximum Gasteiger partial charge on any atom is 0.306 e. The van der Waals surface area contributed by atoms with Gasteiger partial charge in [-0.1, -0.05) is 237 Å². The molecule has 0 rings (SSSR count). The third-order valence-corrected chi connectivity index (χ3v) is 10.8. The summed E-state index contributed by atoms with van der Waals surface area (Å²) in [6, 6.07) is 0. The summed E-state index contributed by atoms with van der Waals surface area (Å²) in [6.45, 7) is 6.32. The van der Waals surface area contributed by atoms with Gasteiger partial charge in [0.05, 0.1) is 0 Å². The van der Waals surface area contributed by atoms with Crippen LogP contribution in [-0.4, -0.2) is 37.2 Å². The number of hydrogen-bond acceptors (Lipinski definition) is 6. The maximum absolute atomic E-state index is 12.8. The molecule has 1 atom stereocenters. The van der Waals surface area contributed by atoms with Gasteiger partial charge in [0.2, 0.25) is 0 Å². The monoisotopic (exact) mass is 937 g/mol. The second kappa shape index (κ2) is 54.9. The van der Waals surface area contributed by atoms with E-state index in [9.17, 15) is 14.4 Å². The van der Waals surface area contributed by atoms with E-state index in [4.69, 9.17) is 14.2 Å². The smallest absolute Gasteiger partial charge is 0.306 e. The van der Waals surface area contributed by atoms with E-state index in [1.807, 2.05) is 36.5 Å². The van der Waals surface area contributed by atoms with Crippen LogP contribution < -0.4 is 0 Å². The molecule has 0 saturated heterocycles. The van der Waals surface area contributed by atoms with Gasteiger partial charge in [-0.15, -0.1) is 0 Å². The molecular formula is C62H96O6. The van der Waals surface area contributed by atoms with Gasteiger partial charge in [0.1, 0.15) is 13.2 Å². The van der Waals surface area contributed by atoms with Crippen molar-refractivity contribution in [1.82, 2.24) is 0 Å². The van der Waals surface area contributed by atoms with E-state index in [-0.39, 0.29) is 37.5 Å². The van der Waals surface area contributed by atoms with Gasteiger partial charge >= 0.3 is 17.9 Å². The Hall–Kier alpha value is -4.71. The molecule has 0 spiro atoms. The summed E-state index contributed by atoms with van der Waals surface area (Å²) < 4.78 is 16.8. The van der Waals surface area contributed by atoms with Gasteiger partial charge in [-0.2, -0.15) is 0 Å². The highest BCUT2D eigenvalue weighted by molar-refractivity contribution is 5.71. The molecule has 0 amide bonds. The Balaban J connectivity index is 4.57. The lowest BCUT2D eigenvalue weighted by Crippen LogP contribution is -2.30. The average molecular weight is 937 g/mol. The van der Waals surface area contributed by atoms with E-state index in [0.29, 0.717) is 12.8 Å². The van der Waals surface area contributed by atoms with Crippen LogP contribution in [0.2, 0.25) is 0 Å². The Labute approximate surface area is 417 Å². The van der Waals surface area contributed by atoms with E-state index in [0.717, 1.165) is 141 Å². The summed E-state index contributed by atoms with van der Waals surface area (Å²) in [4.78, 5) is 38.1. The first kappa shape index (κ1) is 63.3. The fourth-order valence-corrected chi connectivity index (χ4v) is 6.73. The third kappa shape index (κ3) is 52.3. The molecule has 0 bridgehead atoms. The van der Waals surface area contributed by atoms with Crippen LogP contribution in [0.1, 0.15) is 207 Å². The first-order valence-corrected chi connectivity index (χ1v) is 27.0. The van der Waals surface area contributed by atoms with Crippen molar-refractivity contribution in [3.63, 3.8) is 0 Å². The van der Waals surface area contributed by atoms with Gasteiger partial charge < -0.3 is 14.2 Å². The van der Waals surface area contributed by atoms with Crippen LogP contribution >= 0.6 is 0 Å². The van der Waals surface area contributed by atoms with Crippen molar-refractivity contribution < 1.29 is 28.6 Å². The van der Waals surface area contributed by atoms with Crippen LogP contribution in [0.3, 0.4) is 0 Å². The zero-order valence-corrected chi connectivity index (χ0v) is 43.3. The number of rotatable bonds is 46. The predicted octanol–water partition coefficient (Wildman–Crippen LogP) is 18.0. The maximum atomic E-state index is 12.8. The second-order valence-electron chi connectivity index (χ2n) is 17.3. The number of unbranched alkanes of at least 4 members (excludes halogenated alkanes) is 18. The molecule has 380 valence electrons. The molecule has 0 aromatic heterocycles. The van der Waals surface area contributed by atoms with E-state index in [1.165, 1.54) is 25.7 Å². The van der Waals surface area contributed by atoms with E-state index in [2.05, 4.69) is 130 Å². The lowest BCUT2D eigenvalue weighted by Gasteiger charge is -2.18. The highest BCUT2D eigenvalue weighted by Crippen LogP contribution is 2.13. The van der Waals surface area contributed by atoms with Crippen LogP contribution in [0.25, 0.3) is 0 Å². The lowest BCUT2D eigenvalue weighted by atomic mass is 10.1. The highest BCUT2D eigenvalue weighted by atomic mass is 16.6. The molecule has 0 heterocycles. The normalized spacial score (nSPS) is 13.3. The Morgan fingerprint density at radius 3 is 1.09 bits per heavy atom. The van der Waals surface area contributed by atoms with Crippen molar-refractivity contribution in [3.05, 3.63) is 146 Å². The van der Waals surface area contributed by atoms with E-state index >= 15 is 0 Å². The summed E-state index contributed by atoms with van der Waals surface area (Å²) in [5.41, 5.74) is 0. The van der Waals surface area contributed by atoms with E-state index in [1.54, 1.807) is 0 Å². The summed E-state index contributed by atoms with van der Waals surface area (Å²) in [7, 11) is 0. The second-order valence-corrected chi connectivity index (χ2v) is 17.3. The van der Waals surface area contributed by atoms with Crippen molar-refractivity contribution in [2.24, 2.45) is 0 Å². The fourth-order valence-electron chi connectivity index (χ4n) is 6.73. The minimum Gasteiger partial charge on any atom is -0.462 e. The quantitative estimate of drug-likeness (QED) is 0.0199. The minimum absolute atomic E-state index is 0.115. The van der Waals surface area contributed by atoms with Gasteiger partial charge in [0.25, 0.3) is 0 Å². The van der Waals surface area contributed by atoms with Crippen LogP contribution in [0, 0.1) is 0 Å². The van der Waals surface area contributed by atoms with Crippen LogP contribution in [0.15, 0.2) is 146 Å².